The summed E-state index contributed by atoms with van der Waals surface area (Å²) in [5.41, 5.74) is 2.47. The number of amides is 1. The number of hydrogen-bond acceptors (Lipinski definition) is 5. The Hall–Kier alpha value is -3.94. The molecule has 0 fully saturated rings. The molecule has 3 aromatic rings. The number of methoxy groups -OCH3 is 2. The summed E-state index contributed by atoms with van der Waals surface area (Å²) in [6, 6.07) is 13.5. The number of benzene rings is 2. The van der Waals surface area contributed by atoms with Crippen LogP contribution < -0.4 is 14.8 Å². The Morgan fingerprint density at radius 2 is 1.72 bits per heavy atom. The molecule has 0 aliphatic heterocycles. The normalized spacial score (nSPS) is 11.5. The molecule has 32 heavy (non-hydrogen) atoms. The fourth-order valence-corrected chi connectivity index (χ4v) is 3.25. The molecule has 1 amide bonds. The summed E-state index contributed by atoms with van der Waals surface area (Å²) >= 11 is 0. The van der Waals surface area contributed by atoms with Gasteiger partial charge >= 0.3 is 5.97 Å². The van der Waals surface area contributed by atoms with Gasteiger partial charge in [0, 0.05) is 11.6 Å². The fraction of sp³-hybridized carbons (Fsp3) is 0.208. The van der Waals surface area contributed by atoms with E-state index in [1.165, 1.54) is 38.5 Å². The molecule has 0 bridgehead atoms. The van der Waals surface area contributed by atoms with Gasteiger partial charge in [-0.15, -0.1) is 0 Å². The maximum Gasteiger partial charge on any atom is 0.305 e. The van der Waals surface area contributed by atoms with Crippen LogP contribution in [0, 0.1) is 12.7 Å². The molecule has 0 unspecified atom stereocenters. The van der Waals surface area contributed by atoms with Crippen LogP contribution in [0.1, 0.15) is 34.1 Å². The SMILES string of the molecule is COc1cc(F)ccc1-c1nc(C(=O)N[C@@H](CC(=O)O)c2ccc(C)cc2)ccc1OC. The molecule has 1 heterocycles. The summed E-state index contributed by atoms with van der Waals surface area (Å²) in [5.74, 6) is -1.48. The highest BCUT2D eigenvalue weighted by atomic mass is 19.1. The van der Waals surface area contributed by atoms with Crippen molar-refractivity contribution in [2.24, 2.45) is 0 Å². The second-order valence-electron chi connectivity index (χ2n) is 7.13. The number of pyridine rings is 1. The summed E-state index contributed by atoms with van der Waals surface area (Å²) in [6.45, 7) is 1.92. The summed E-state index contributed by atoms with van der Waals surface area (Å²) < 4.78 is 24.2. The van der Waals surface area contributed by atoms with Crippen molar-refractivity contribution in [2.45, 2.75) is 19.4 Å². The molecule has 0 radical (unpaired) electrons. The molecule has 0 saturated carbocycles. The third-order valence-electron chi connectivity index (χ3n) is 4.89. The first kappa shape index (κ1) is 22.7. The van der Waals surface area contributed by atoms with Gasteiger partial charge in [-0.1, -0.05) is 29.8 Å². The van der Waals surface area contributed by atoms with Gasteiger partial charge in [-0.2, -0.15) is 0 Å². The highest BCUT2D eigenvalue weighted by Gasteiger charge is 2.22. The Bertz CT molecular complexity index is 1130. The number of halogens is 1. The zero-order valence-electron chi connectivity index (χ0n) is 17.9. The Morgan fingerprint density at radius 1 is 1.03 bits per heavy atom. The second-order valence-corrected chi connectivity index (χ2v) is 7.13. The molecular weight excluding hydrogens is 415 g/mol. The summed E-state index contributed by atoms with van der Waals surface area (Å²) in [5, 5.41) is 12.0. The smallest absolute Gasteiger partial charge is 0.305 e. The quantitative estimate of drug-likeness (QED) is 0.548. The number of carboxylic acid groups (broad SMARTS) is 1. The first-order valence-electron chi connectivity index (χ1n) is 9.80. The monoisotopic (exact) mass is 438 g/mol. The lowest BCUT2D eigenvalue weighted by Gasteiger charge is -2.18. The van der Waals surface area contributed by atoms with E-state index in [0.29, 0.717) is 22.6 Å². The van der Waals surface area contributed by atoms with Crippen LogP contribution in [0.25, 0.3) is 11.3 Å². The van der Waals surface area contributed by atoms with Gasteiger partial charge in [0.05, 0.1) is 26.7 Å². The number of aliphatic carboxylic acids is 1. The lowest BCUT2D eigenvalue weighted by molar-refractivity contribution is -0.137. The number of carbonyl (C=O) groups excluding carboxylic acids is 1. The molecule has 7 nitrogen and oxygen atoms in total. The average molecular weight is 438 g/mol. The highest BCUT2D eigenvalue weighted by Crippen LogP contribution is 2.35. The summed E-state index contributed by atoms with van der Waals surface area (Å²) in [7, 11) is 2.86. The van der Waals surface area contributed by atoms with Gasteiger partial charge in [-0.25, -0.2) is 9.37 Å². The predicted octanol–water partition coefficient (Wildman–Crippen LogP) is 4.16. The Labute approximate surface area is 184 Å². The minimum Gasteiger partial charge on any atom is -0.496 e. The highest BCUT2D eigenvalue weighted by molar-refractivity contribution is 5.94. The first-order valence-corrected chi connectivity index (χ1v) is 9.80. The van der Waals surface area contributed by atoms with Crippen molar-refractivity contribution in [3.05, 3.63) is 77.2 Å². The lowest BCUT2D eigenvalue weighted by atomic mass is 10.0. The molecule has 166 valence electrons. The Balaban J connectivity index is 1.96. The first-order chi connectivity index (χ1) is 15.3. The summed E-state index contributed by atoms with van der Waals surface area (Å²) in [6.07, 6.45) is -0.288. The molecule has 0 aliphatic carbocycles. The van der Waals surface area contributed by atoms with E-state index < -0.39 is 23.7 Å². The molecular formula is C24H23FN2O5. The zero-order chi connectivity index (χ0) is 23.3. The van der Waals surface area contributed by atoms with Crippen molar-refractivity contribution >= 4 is 11.9 Å². The number of aromatic nitrogens is 1. The van der Waals surface area contributed by atoms with E-state index in [0.717, 1.165) is 5.56 Å². The standard InChI is InChI=1S/C24H23FN2O5/c1-14-4-6-15(7-5-14)19(13-22(28)29)27-24(30)18-10-11-20(31-2)23(26-18)17-9-8-16(25)12-21(17)32-3/h4-12,19H,13H2,1-3H3,(H,27,30)(H,28,29)/t19-/m0/s1. The number of carboxylic acids is 1. The molecule has 8 heteroatoms. The fourth-order valence-electron chi connectivity index (χ4n) is 3.25. The molecule has 0 saturated heterocycles. The molecule has 2 N–H and O–H groups in total. The molecule has 3 rings (SSSR count). The molecule has 1 atom stereocenters. The van der Waals surface area contributed by atoms with Crippen molar-refractivity contribution < 1.29 is 28.6 Å². The van der Waals surface area contributed by atoms with E-state index in [1.807, 2.05) is 19.1 Å². The number of hydrogen-bond donors (Lipinski definition) is 2. The molecule has 2 aromatic carbocycles. The van der Waals surface area contributed by atoms with Gasteiger partial charge in [0.15, 0.2) is 0 Å². The van der Waals surface area contributed by atoms with E-state index in [2.05, 4.69) is 10.3 Å². The number of aryl methyl sites for hydroxylation is 1. The number of nitrogens with zero attached hydrogens (tertiary/aromatic N) is 1. The van der Waals surface area contributed by atoms with Gasteiger partial charge in [0.1, 0.15) is 28.7 Å². The molecule has 1 aromatic heterocycles. The summed E-state index contributed by atoms with van der Waals surface area (Å²) in [4.78, 5) is 28.7. The number of rotatable bonds is 8. The number of nitrogens with one attached hydrogen (secondary N) is 1. The van der Waals surface area contributed by atoms with E-state index in [4.69, 9.17) is 9.47 Å². The third kappa shape index (κ3) is 5.21. The maximum absolute atomic E-state index is 13.6. The molecule has 0 aliphatic rings. The van der Waals surface area contributed by atoms with Crippen LogP contribution in [0.2, 0.25) is 0 Å². The minimum absolute atomic E-state index is 0.0506. The Kier molecular flexibility index (Phi) is 7.04. The van der Waals surface area contributed by atoms with Crippen molar-refractivity contribution in [2.75, 3.05) is 14.2 Å². The second kappa shape index (κ2) is 9.91. The van der Waals surface area contributed by atoms with Gasteiger partial charge in [0.25, 0.3) is 5.91 Å². The van der Waals surface area contributed by atoms with Crippen LogP contribution >= 0.6 is 0 Å². The molecule has 0 spiro atoms. The van der Waals surface area contributed by atoms with Crippen molar-refractivity contribution in [3.8, 4) is 22.8 Å². The number of ether oxygens (including phenoxy) is 2. The van der Waals surface area contributed by atoms with Crippen LogP contribution in [0.5, 0.6) is 11.5 Å². The number of carbonyl (C=O) groups is 2. The van der Waals surface area contributed by atoms with Crippen LogP contribution in [-0.2, 0) is 4.79 Å². The van der Waals surface area contributed by atoms with E-state index >= 15 is 0 Å². The minimum atomic E-state index is -1.05. The van der Waals surface area contributed by atoms with Crippen molar-refractivity contribution in [1.29, 1.82) is 0 Å². The van der Waals surface area contributed by atoms with E-state index in [9.17, 15) is 19.1 Å². The van der Waals surface area contributed by atoms with Crippen LogP contribution in [0.3, 0.4) is 0 Å². The van der Waals surface area contributed by atoms with Gasteiger partial charge < -0.3 is 19.9 Å². The van der Waals surface area contributed by atoms with Crippen molar-refractivity contribution in [1.82, 2.24) is 10.3 Å². The van der Waals surface area contributed by atoms with Gasteiger partial charge in [0.2, 0.25) is 0 Å². The van der Waals surface area contributed by atoms with E-state index in [-0.39, 0.29) is 17.9 Å². The van der Waals surface area contributed by atoms with Crippen molar-refractivity contribution in [3.63, 3.8) is 0 Å². The maximum atomic E-state index is 13.6. The largest absolute Gasteiger partial charge is 0.496 e. The average Bonchev–Trinajstić information content (AvgIpc) is 2.78. The van der Waals surface area contributed by atoms with Gasteiger partial charge in [-0.05, 0) is 36.8 Å². The lowest BCUT2D eigenvalue weighted by Crippen LogP contribution is -2.31. The Morgan fingerprint density at radius 3 is 2.34 bits per heavy atom. The van der Waals surface area contributed by atoms with Crippen LogP contribution in [0.15, 0.2) is 54.6 Å². The third-order valence-corrected chi connectivity index (χ3v) is 4.89. The topological polar surface area (TPSA) is 97.8 Å². The zero-order valence-corrected chi connectivity index (χ0v) is 17.9. The van der Waals surface area contributed by atoms with Crippen LogP contribution in [-0.4, -0.2) is 36.2 Å². The van der Waals surface area contributed by atoms with Gasteiger partial charge in [-0.3, -0.25) is 9.59 Å². The predicted molar refractivity (Wildman–Crippen MR) is 116 cm³/mol. The van der Waals surface area contributed by atoms with Crippen LogP contribution in [0.4, 0.5) is 4.39 Å². The van der Waals surface area contributed by atoms with E-state index in [1.54, 1.807) is 18.2 Å².